The average molecular weight is 335 g/mol. The first-order valence-electron chi connectivity index (χ1n) is 8.38. The monoisotopic (exact) mass is 335 g/mol. The molecule has 1 aliphatic heterocycles. The van der Waals surface area contributed by atoms with E-state index in [1.165, 1.54) is 0 Å². The van der Waals surface area contributed by atoms with E-state index in [4.69, 9.17) is 14.5 Å². The fraction of sp³-hybridized carbons (Fsp3) is 0.300. The number of nitrogens with one attached hydrogen (secondary N) is 1. The molecule has 0 bridgehead atoms. The van der Waals surface area contributed by atoms with Crippen molar-refractivity contribution in [2.45, 2.75) is 39.4 Å². The zero-order valence-corrected chi connectivity index (χ0v) is 14.8. The molecule has 0 unspecified atom stereocenters. The second kappa shape index (κ2) is 5.62. The molecule has 4 rings (SSSR count). The number of benzene rings is 1. The number of rotatable bonds is 2. The lowest BCUT2D eigenvalue weighted by Gasteiger charge is -2.14. The van der Waals surface area contributed by atoms with E-state index in [1.807, 2.05) is 49.4 Å². The van der Waals surface area contributed by atoms with Crippen LogP contribution in [0, 0.1) is 6.92 Å². The van der Waals surface area contributed by atoms with Gasteiger partial charge < -0.3 is 14.5 Å². The third kappa shape index (κ3) is 2.86. The second-order valence-electron chi connectivity index (χ2n) is 7.28. The van der Waals surface area contributed by atoms with Gasteiger partial charge in [0.1, 0.15) is 17.2 Å². The lowest BCUT2D eigenvalue weighted by Crippen LogP contribution is -2.14. The number of pyridine rings is 1. The number of fused-ring (bicyclic) bond motifs is 1. The van der Waals surface area contributed by atoms with E-state index < -0.39 is 6.29 Å². The number of hydrogen-bond donors (Lipinski definition) is 1. The minimum atomic E-state index is -0.557. The molecule has 5 heteroatoms. The van der Waals surface area contributed by atoms with Crippen molar-refractivity contribution >= 4 is 0 Å². The predicted molar refractivity (Wildman–Crippen MR) is 95.7 cm³/mol. The van der Waals surface area contributed by atoms with Crippen LogP contribution < -0.4 is 9.47 Å². The van der Waals surface area contributed by atoms with Gasteiger partial charge in [-0.2, -0.15) is 0 Å². The summed E-state index contributed by atoms with van der Waals surface area (Å²) in [6.07, 6.45) is -0.557. The van der Waals surface area contributed by atoms with Crippen molar-refractivity contribution in [1.82, 2.24) is 15.0 Å². The number of aromatic amines is 1. The van der Waals surface area contributed by atoms with E-state index in [-0.39, 0.29) is 5.41 Å². The number of ether oxygens (including phenoxy) is 2. The Bertz CT molecular complexity index is 900. The number of H-pyrrole nitrogens is 1. The van der Waals surface area contributed by atoms with Gasteiger partial charge in [0, 0.05) is 11.1 Å². The minimum absolute atomic E-state index is 0.123. The Hall–Kier alpha value is -2.82. The van der Waals surface area contributed by atoms with Gasteiger partial charge in [-0.25, -0.2) is 4.98 Å². The molecular weight excluding hydrogens is 314 g/mol. The number of aryl methyl sites for hydroxylation is 1. The van der Waals surface area contributed by atoms with Gasteiger partial charge in [-0.05, 0) is 31.2 Å². The van der Waals surface area contributed by atoms with Crippen molar-refractivity contribution in [3.8, 4) is 22.9 Å². The molecule has 0 aliphatic carbocycles. The molecule has 128 valence electrons. The lowest BCUT2D eigenvalue weighted by molar-refractivity contribution is 0.0454. The third-order valence-electron chi connectivity index (χ3n) is 4.13. The molecule has 1 N–H and O–H groups in total. The van der Waals surface area contributed by atoms with Crippen molar-refractivity contribution in [3.05, 3.63) is 59.7 Å². The zero-order chi connectivity index (χ0) is 17.6. The molecule has 25 heavy (non-hydrogen) atoms. The number of nitrogens with zero attached hydrogens (tertiary/aromatic N) is 2. The first-order chi connectivity index (χ1) is 11.9. The van der Waals surface area contributed by atoms with E-state index in [0.717, 1.165) is 40.1 Å². The van der Waals surface area contributed by atoms with E-state index in [1.54, 1.807) is 0 Å². The topological polar surface area (TPSA) is 60.0 Å². The molecular formula is C20H21N3O2. The molecule has 0 radical (unpaired) electrons. The van der Waals surface area contributed by atoms with Crippen LogP contribution >= 0.6 is 0 Å². The highest BCUT2D eigenvalue weighted by atomic mass is 16.7. The van der Waals surface area contributed by atoms with E-state index in [0.29, 0.717) is 0 Å². The van der Waals surface area contributed by atoms with Gasteiger partial charge in [-0.1, -0.05) is 39.0 Å². The summed E-state index contributed by atoms with van der Waals surface area (Å²) in [4.78, 5) is 12.9. The van der Waals surface area contributed by atoms with Crippen LogP contribution in [0.3, 0.4) is 0 Å². The lowest BCUT2D eigenvalue weighted by atomic mass is 9.96. The van der Waals surface area contributed by atoms with Crippen molar-refractivity contribution in [2.75, 3.05) is 0 Å². The molecule has 1 aromatic carbocycles. The van der Waals surface area contributed by atoms with Crippen LogP contribution in [0.1, 0.15) is 44.3 Å². The average Bonchev–Trinajstić information content (AvgIpc) is 3.18. The molecule has 0 saturated carbocycles. The van der Waals surface area contributed by atoms with Crippen molar-refractivity contribution in [3.63, 3.8) is 0 Å². The third-order valence-corrected chi connectivity index (χ3v) is 4.13. The van der Waals surface area contributed by atoms with Crippen molar-refractivity contribution in [2.24, 2.45) is 0 Å². The molecule has 0 amide bonds. The van der Waals surface area contributed by atoms with Gasteiger partial charge in [0.15, 0.2) is 11.5 Å². The quantitative estimate of drug-likeness (QED) is 0.746. The molecule has 0 spiro atoms. The first kappa shape index (κ1) is 15.7. The van der Waals surface area contributed by atoms with E-state index >= 15 is 0 Å². The Morgan fingerprint density at radius 2 is 1.60 bits per heavy atom. The van der Waals surface area contributed by atoms with Crippen LogP contribution in [0.15, 0.2) is 42.5 Å². The Kier molecular flexibility index (Phi) is 3.53. The van der Waals surface area contributed by atoms with Crippen LogP contribution in [0.5, 0.6) is 11.5 Å². The Morgan fingerprint density at radius 3 is 2.20 bits per heavy atom. The summed E-state index contributed by atoms with van der Waals surface area (Å²) >= 11 is 0. The maximum atomic E-state index is 5.99. The smallest absolute Gasteiger partial charge is 0.285 e. The van der Waals surface area contributed by atoms with Crippen molar-refractivity contribution in [1.29, 1.82) is 0 Å². The number of hydrogen-bond acceptors (Lipinski definition) is 4. The van der Waals surface area contributed by atoms with Gasteiger partial charge in [0.2, 0.25) is 0 Å². The minimum Gasteiger partial charge on any atom is -0.445 e. The summed E-state index contributed by atoms with van der Waals surface area (Å²) in [5.41, 5.74) is 3.19. The zero-order valence-electron chi connectivity index (χ0n) is 14.8. The molecule has 5 nitrogen and oxygen atoms in total. The number of aromatic nitrogens is 3. The molecule has 0 fully saturated rings. The van der Waals surface area contributed by atoms with Crippen LogP contribution in [0.25, 0.3) is 11.4 Å². The van der Waals surface area contributed by atoms with Gasteiger partial charge in [-0.15, -0.1) is 0 Å². The maximum absolute atomic E-state index is 5.99. The summed E-state index contributed by atoms with van der Waals surface area (Å²) in [7, 11) is 0. The van der Waals surface area contributed by atoms with Gasteiger partial charge in [0.05, 0.1) is 5.69 Å². The maximum Gasteiger partial charge on any atom is 0.285 e. The summed E-state index contributed by atoms with van der Waals surface area (Å²) in [5.74, 6) is 2.36. The summed E-state index contributed by atoms with van der Waals surface area (Å²) in [6, 6.07) is 13.6. The predicted octanol–water partition coefficient (Wildman–Crippen LogP) is 4.55. The van der Waals surface area contributed by atoms with Crippen LogP contribution in [-0.4, -0.2) is 15.0 Å². The summed E-state index contributed by atoms with van der Waals surface area (Å²) < 4.78 is 12.0. The Balaban J connectivity index is 1.80. The molecule has 3 heterocycles. The summed E-state index contributed by atoms with van der Waals surface area (Å²) in [5, 5.41) is 0. The highest BCUT2D eigenvalue weighted by Gasteiger charge is 2.32. The van der Waals surface area contributed by atoms with Crippen LogP contribution in [-0.2, 0) is 5.41 Å². The Morgan fingerprint density at radius 1 is 0.920 bits per heavy atom. The number of para-hydroxylation sites is 2. The fourth-order valence-electron chi connectivity index (χ4n) is 2.80. The molecule has 1 aliphatic rings. The SMILES string of the molecule is Cc1cccc(-c2nc(C(C)(C)C)[nH]c2C2Oc3ccccc3O2)n1. The molecule has 3 aromatic rings. The van der Waals surface area contributed by atoms with Gasteiger partial charge in [-0.3, -0.25) is 4.98 Å². The largest absolute Gasteiger partial charge is 0.445 e. The standard InChI is InChI=1S/C20H21N3O2/c1-12-8-7-9-13(21-12)16-17(23-19(22-16)20(2,3)4)18-24-14-10-5-6-11-15(14)25-18/h5-11,18H,1-4H3,(H,22,23). The second-order valence-corrected chi connectivity index (χ2v) is 7.28. The number of imidazole rings is 1. The van der Waals surface area contributed by atoms with E-state index in [2.05, 4.69) is 30.7 Å². The van der Waals surface area contributed by atoms with Gasteiger partial charge >= 0.3 is 0 Å². The molecule has 2 aromatic heterocycles. The first-order valence-corrected chi connectivity index (χ1v) is 8.38. The molecule has 0 atom stereocenters. The van der Waals surface area contributed by atoms with Gasteiger partial charge in [0.25, 0.3) is 6.29 Å². The highest BCUT2D eigenvalue weighted by molar-refractivity contribution is 5.59. The van der Waals surface area contributed by atoms with Crippen molar-refractivity contribution < 1.29 is 9.47 Å². The van der Waals surface area contributed by atoms with E-state index in [9.17, 15) is 0 Å². The Labute approximate surface area is 147 Å². The van der Waals surface area contributed by atoms with Crippen LogP contribution in [0.4, 0.5) is 0 Å². The summed E-state index contributed by atoms with van der Waals surface area (Å²) in [6.45, 7) is 8.33. The normalized spacial score (nSPS) is 14.1. The fourth-order valence-corrected chi connectivity index (χ4v) is 2.80. The highest BCUT2D eigenvalue weighted by Crippen LogP contribution is 2.42. The molecule has 0 saturated heterocycles. The van der Waals surface area contributed by atoms with Crippen LogP contribution in [0.2, 0.25) is 0 Å².